The van der Waals surface area contributed by atoms with Gasteiger partial charge in [0.1, 0.15) is 17.1 Å². The van der Waals surface area contributed by atoms with E-state index < -0.39 is 5.60 Å². The van der Waals surface area contributed by atoms with E-state index in [9.17, 15) is 5.11 Å². The molecule has 0 aliphatic rings. The Balaban J connectivity index is 2.62. The molecule has 2 aromatic rings. The van der Waals surface area contributed by atoms with Crippen LogP contribution in [0.15, 0.2) is 46.2 Å². The van der Waals surface area contributed by atoms with Crippen LogP contribution in [0.5, 0.6) is 5.75 Å². The number of pyridine rings is 1. The number of nitrogens with zero attached hydrogens (tertiary/aromatic N) is 2. The average Bonchev–Trinajstić information content (AvgIpc) is 2.51. The summed E-state index contributed by atoms with van der Waals surface area (Å²) in [5, 5.41) is 14.6. The molecule has 0 spiro atoms. The number of ether oxygens (including phenoxy) is 1. The molecule has 0 atom stereocenters. The number of hydrogen-bond acceptors (Lipinski definition) is 5. The molecule has 6 heteroatoms. The van der Waals surface area contributed by atoms with Crippen LogP contribution in [0, 0.1) is 0 Å². The van der Waals surface area contributed by atoms with Crippen LogP contribution in [0.1, 0.15) is 37.6 Å². The number of aromatic nitrogens is 1. The predicted molar refractivity (Wildman–Crippen MR) is 97.2 cm³/mol. The number of halogens is 1. The highest BCUT2D eigenvalue weighted by atomic mass is 79.9. The Morgan fingerprint density at radius 1 is 1.29 bits per heavy atom. The highest BCUT2D eigenvalue weighted by molar-refractivity contribution is 9.10. The SMILES string of the molecule is COCc1cccnc1/C(=N/OC(C)(C)C)c1cc(Br)ccc1O. The Kier molecular flexibility index (Phi) is 5.96. The van der Waals surface area contributed by atoms with Gasteiger partial charge in [0.2, 0.25) is 0 Å². The lowest BCUT2D eigenvalue weighted by Gasteiger charge is -2.18. The highest BCUT2D eigenvalue weighted by Crippen LogP contribution is 2.26. The number of rotatable bonds is 5. The Morgan fingerprint density at radius 2 is 2.04 bits per heavy atom. The van der Waals surface area contributed by atoms with E-state index in [1.165, 1.54) is 0 Å². The Morgan fingerprint density at radius 3 is 2.71 bits per heavy atom. The fraction of sp³-hybridized carbons (Fsp3) is 0.333. The molecule has 0 radical (unpaired) electrons. The molecule has 0 saturated heterocycles. The fourth-order valence-corrected chi connectivity index (χ4v) is 2.39. The Labute approximate surface area is 150 Å². The molecule has 1 aromatic carbocycles. The summed E-state index contributed by atoms with van der Waals surface area (Å²) in [6.45, 7) is 6.10. The lowest BCUT2D eigenvalue weighted by Crippen LogP contribution is -2.19. The third-order valence-electron chi connectivity index (χ3n) is 3.04. The first-order valence-corrected chi connectivity index (χ1v) is 8.29. The van der Waals surface area contributed by atoms with Gasteiger partial charge < -0.3 is 14.7 Å². The van der Waals surface area contributed by atoms with Crippen LogP contribution in [0.3, 0.4) is 0 Å². The lowest BCUT2D eigenvalue weighted by atomic mass is 10.0. The minimum atomic E-state index is -0.469. The van der Waals surface area contributed by atoms with Gasteiger partial charge in [0, 0.05) is 28.9 Å². The third kappa shape index (κ3) is 4.79. The Hall–Kier alpha value is -1.92. The molecule has 0 aliphatic carbocycles. The zero-order valence-corrected chi connectivity index (χ0v) is 15.8. The number of aromatic hydroxyl groups is 1. The Bertz CT molecular complexity index is 739. The van der Waals surface area contributed by atoms with Gasteiger partial charge in [0.25, 0.3) is 0 Å². The second kappa shape index (κ2) is 7.77. The van der Waals surface area contributed by atoms with Crippen molar-refractivity contribution < 1.29 is 14.7 Å². The van der Waals surface area contributed by atoms with Crippen LogP contribution in [0.25, 0.3) is 0 Å². The maximum absolute atomic E-state index is 10.3. The van der Waals surface area contributed by atoms with E-state index in [1.807, 2.05) is 32.9 Å². The summed E-state index contributed by atoms with van der Waals surface area (Å²) in [5.41, 5.74) is 1.98. The average molecular weight is 393 g/mol. The summed E-state index contributed by atoms with van der Waals surface area (Å²) in [4.78, 5) is 10.0. The topological polar surface area (TPSA) is 63.9 Å². The molecule has 24 heavy (non-hydrogen) atoms. The predicted octanol–water partition coefficient (Wildman–Crippen LogP) is 4.26. The molecule has 0 aliphatic heterocycles. The second-order valence-electron chi connectivity index (χ2n) is 6.25. The maximum Gasteiger partial charge on any atom is 0.139 e. The van der Waals surface area contributed by atoms with Gasteiger partial charge in [0.15, 0.2) is 0 Å². The molecule has 1 N–H and O–H groups in total. The van der Waals surface area contributed by atoms with E-state index in [0.29, 0.717) is 23.6 Å². The number of oxime groups is 1. The van der Waals surface area contributed by atoms with Crippen molar-refractivity contribution in [2.24, 2.45) is 5.16 Å². The van der Waals surface area contributed by atoms with Crippen LogP contribution < -0.4 is 0 Å². The summed E-state index contributed by atoms with van der Waals surface area (Å²) < 4.78 is 6.07. The van der Waals surface area contributed by atoms with Crippen molar-refractivity contribution in [3.63, 3.8) is 0 Å². The minimum absolute atomic E-state index is 0.100. The van der Waals surface area contributed by atoms with Crippen molar-refractivity contribution in [3.05, 3.63) is 57.8 Å². The van der Waals surface area contributed by atoms with Gasteiger partial charge in [0.05, 0.1) is 12.3 Å². The summed E-state index contributed by atoms with van der Waals surface area (Å²) in [6.07, 6.45) is 1.68. The standard InChI is InChI=1S/C18H21BrN2O3/c1-18(2,3)24-21-17(14-10-13(19)7-8-15(14)22)16-12(11-23-4)6-5-9-20-16/h5-10,22H,11H2,1-4H3/b21-17+. The molecular weight excluding hydrogens is 372 g/mol. The molecule has 0 saturated carbocycles. The van der Waals surface area contributed by atoms with E-state index in [4.69, 9.17) is 9.57 Å². The first kappa shape index (κ1) is 18.4. The van der Waals surface area contributed by atoms with Crippen LogP contribution in [0.2, 0.25) is 0 Å². The smallest absolute Gasteiger partial charge is 0.139 e. The summed E-state index contributed by atoms with van der Waals surface area (Å²) in [6, 6.07) is 8.89. The van der Waals surface area contributed by atoms with Crippen molar-refractivity contribution in [1.29, 1.82) is 0 Å². The van der Waals surface area contributed by atoms with Crippen molar-refractivity contribution in [2.45, 2.75) is 33.0 Å². The summed E-state index contributed by atoms with van der Waals surface area (Å²) >= 11 is 3.43. The van der Waals surface area contributed by atoms with E-state index in [0.717, 1.165) is 10.0 Å². The van der Waals surface area contributed by atoms with E-state index in [2.05, 4.69) is 26.1 Å². The van der Waals surface area contributed by atoms with Gasteiger partial charge in [-0.05, 0) is 45.0 Å². The normalized spacial score (nSPS) is 12.3. The molecule has 1 heterocycles. The van der Waals surface area contributed by atoms with E-state index in [-0.39, 0.29) is 5.75 Å². The minimum Gasteiger partial charge on any atom is -0.507 e. The highest BCUT2D eigenvalue weighted by Gasteiger charge is 2.20. The van der Waals surface area contributed by atoms with Crippen LogP contribution in [-0.2, 0) is 16.2 Å². The molecule has 0 fully saturated rings. The zero-order chi connectivity index (χ0) is 17.7. The van der Waals surface area contributed by atoms with Gasteiger partial charge in [-0.25, -0.2) is 0 Å². The van der Waals surface area contributed by atoms with Crippen LogP contribution >= 0.6 is 15.9 Å². The summed E-state index contributed by atoms with van der Waals surface area (Å²) in [5.74, 6) is 0.100. The van der Waals surface area contributed by atoms with Crippen LogP contribution in [-0.4, -0.2) is 28.5 Å². The summed E-state index contributed by atoms with van der Waals surface area (Å²) in [7, 11) is 1.62. The quantitative estimate of drug-likeness (QED) is 0.609. The number of benzene rings is 1. The van der Waals surface area contributed by atoms with Crippen LogP contribution in [0.4, 0.5) is 0 Å². The second-order valence-corrected chi connectivity index (χ2v) is 7.16. The molecule has 1 aromatic heterocycles. The van der Waals surface area contributed by atoms with Gasteiger partial charge in [-0.2, -0.15) is 0 Å². The van der Waals surface area contributed by atoms with Crippen molar-refractivity contribution in [2.75, 3.05) is 7.11 Å². The lowest BCUT2D eigenvalue weighted by molar-refractivity contribution is 0.00109. The van der Waals surface area contributed by atoms with Gasteiger partial charge in [-0.3, -0.25) is 4.98 Å². The number of phenolic OH excluding ortho intramolecular Hbond substituents is 1. The maximum atomic E-state index is 10.3. The molecule has 0 amide bonds. The monoisotopic (exact) mass is 392 g/mol. The zero-order valence-electron chi connectivity index (χ0n) is 14.2. The largest absolute Gasteiger partial charge is 0.507 e. The first-order valence-electron chi connectivity index (χ1n) is 7.50. The van der Waals surface area contributed by atoms with Crippen molar-refractivity contribution in [3.8, 4) is 5.75 Å². The van der Waals surface area contributed by atoms with E-state index >= 15 is 0 Å². The fourth-order valence-electron chi connectivity index (χ4n) is 2.02. The number of hydrogen-bond donors (Lipinski definition) is 1. The molecule has 128 valence electrons. The number of methoxy groups -OCH3 is 1. The molecular formula is C18H21BrN2O3. The molecule has 0 bridgehead atoms. The van der Waals surface area contributed by atoms with Crippen molar-refractivity contribution >= 4 is 21.6 Å². The molecule has 2 rings (SSSR count). The third-order valence-corrected chi connectivity index (χ3v) is 3.53. The first-order chi connectivity index (χ1) is 11.3. The molecule has 0 unspecified atom stereocenters. The number of phenols is 1. The van der Waals surface area contributed by atoms with Gasteiger partial charge in [-0.1, -0.05) is 27.2 Å². The van der Waals surface area contributed by atoms with Crippen molar-refractivity contribution in [1.82, 2.24) is 4.98 Å². The molecule has 5 nitrogen and oxygen atoms in total. The van der Waals surface area contributed by atoms with Gasteiger partial charge >= 0.3 is 0 Å². The van der Waals surface area contributed by atoms with E-state index in [1.54, 1.807) is 31.5 Å². The van der Waals surface area contributed by atoms with Gasteiger partial charge in [-0.15, -0.1) is 0 Å².